The van der Waals surface area contributed by atoms with Crippen LogP contribution in [-0.2, 0) is 17.5 Å². The van der Waals surface area contributed by atoms with Crippen LogP contribution in [0, 0.1) is 0 Å². The van der Waals surface area contributed by atoms with E-state index in [9.17, 15) is 18.0 Å². The number of furan rings is 1. The molecule has 21 heavy (non-hydrogen) atoms. The smallest absolute Gasteiger partial charge is 0.416 e. The molecule has 0 radical (unpaired) electrons. The number of hydrogen-bond acceptors (Lipinski definition) is 4. The Kier molecular flexibility index (Phi) is 4.21. The van der Waals surface area contributed by atoms with Crippen molar-refractivity contribution < 1.29 is 27.1 Å². The maximum Gasteiger partial charge on any atom is 0.416 e. The number of methoxy groups -OCH3 is 1. The first-order valence-corrected chi connectivity index (χ1v) is 5.98. The minimum Gasteiger partial charge on any atom is -0.463 e. The molecule has 0 aliphatic heterocycles. The molecule has 2 aromatic rings. The molecule has 0 fully saturated rings. The second-order valence-corrected chi connectivity index (χ2v) is 4.19. The standard InChI is InChI=1S/C14H12F3NO3/c1-20-13(19)12-7-6-11(21-12)8-18-10-4-2-9(3-5-10)14(15,16)17/h2-7,18H,8H2,1H3. The van der Waals surface area contributed by atoms with Crippen LogP contribution in [0.4, 0.5) is 18.9 Å². The predicted molar refractivity (Wildman–Crippen MR) is 68.8 cm³/mol. The van der Waals surface area contributed by atoms with Crippen LogP contribution in [0.2, 0.25) is 0 Å². The van der Waals surface area contributed by atoms with Gasteiger partial charge in [0.25, 0.3) is 0 Å². The van der Waals surface area contributed by atoms with Crippen molar-refractivity contribution in [3.8, 4) is 0 Å². The molecule has 0 atom stereocenters. The zero-order valence-corrected chi connectivity index (χ0v) is 11.0. The van der Waals surface area contributed by atoms with Crippen molar-refractivity contribution in [1.82, 2.24) is 0 Å². The Morgan fingerprint density at radius 1 is 1.19 bits per heavy atom. The summed E-state index contributed by atoms with van der Waals surface area (Å²) in [5.74, 6) is -0.0483. The van der Waals surface area contributed by atoms with Crippen molar-refractivity contribution in [2.45, 2.75) is 12.7 Å². The average molecular weight is 299 g/mol. The second-order valence-electron chi connectivity index (χ2n) is 4.19. The van der Waals surface area contributed by atoms with Crippen LogP contribution in [0.1, 0.15) is 21.9 Å². The Balaban J connectivity index is 1.97. The maximum atomic E-state index is 12.4. The van der Waals surface area contributed by atoms with Crippen molar-refractivity contribution in [3.63, 3.8) is 0 Å². The lowest BCUT2D eigenvalue weighted by Gasteiger charge is -2.08. The first-order chi connectivity index (χ1) is 9.90. The third-order valence-electron chi connectivity index (χ3n) is 2.73. The number of carbonyl (C=O) groups excluding carboxylic acids is 1. The fourth-order valence-corrected chi connectivity index (χ4v) is 1.65. The highest BCUT2D eigenvalue weighted by Gasteiger charge is 2.29. The van der Waals surface area contributed by atoms with E-state index in [0.717, 1.165) is 12.1 Å². The summed E-state index contributed by atoms with van der Waals surface area (Å²) < 4.78 is 46.9. The number of nitrogens with one attached hydrogen (secondary N) is 1. The minimum atomic E-state index is -4.35. The van der Waals surface area contributed by atoms with Gasteiger partial charge < -0.3 is 14.5 Å². The lowest BCUT2D eigenvalue weighted by Crippen LogP contribution is -2.05. The number of rotatable bonds is 4. The monoisotopic (exact) mass is 299 g/mol. The molecule has 1 heterocycles. The van der Waals surface area contributed by atoms with E-state index in [2.05, 4.69) is 10.1 Å². The molecule has 0 amide bonds. The molecule has 1 N–H and O–H groups in total. The number of halogens is 3. The maximum absolute atomic E-state index is 12.4. The van der Waals surface area contributed by atoms with Crippen molar-refractivity contribution in [2.75, 3.05) is 12.4 Å². The normalized spacial score (nSPS) is 11.2. The van der Waals surface area contributed by atoms with E-state index in [1.165, 1.54) is 25.3 Å². The number of hydrogen-bond donors (Lipinski definition) is 1. The SMILES string of the molecule is COC(=O)c1ccc(CNc2ccc(C(F)(F)F)cc2)o1. The number of benzene rings is 1. The number of alkyl halides is 3. The Morgan fingerprint density at radius 2 is 1.86 bits per heavy atom. The summed E-state index contributed by atoms with van der Waals surface area (Å²) in [6, 6.07) is 7.69. The first kappa shape index (κ1) is 15.0. The van der Waals surface area contributed by atoms with E-state index >= 15 is 0 Å². The summed E-state index contributed by atoms with van der Waals surface area (Å²) in [5.41, 5.74) is -0.196. The summed E-state index contributed by atoms with van der Waals surface area (Å²) in [7, 11) is 1.24. The van der Waals surface area contributed by atoms with E-state index in [-0.39, 0.29) is 12.3 Å². The lowest BCUT2D eigenvalue weighted by molar-refractivity contribution is -0.137. The van der Waals surface area contributed by atoms with Crippen LogP contribution >= 0.6 is 0 Å². The largest absolute Gasteiger partial charge is 0.463 e. The van der Waals surface area contributed by atoms with Gasteiger partial charge in [0, 0.05) is 5.69 Å². The van der Waals surface area contributed by atoms with Crippen molar-refractivity contribution in [3.05, 3.63) is 53.5 Å². The highest BCUT2D eigenvalue weighted by molar-refractivity contribution is 5.86. The molecule has 112 valence electrons. The molecule has 7 heteroatoms. The van der Waals surface area contributed by atoms with Crippen LogP contribution in [0.3, 0.4) is 0 Å². The minimum absolute atomic E-state index is 0.0710. The molecule has 1 aromatic carbocycles. The van der Waals surface area contributed by atoms with Crippen molar-refractivity contribution in [1.29, 1.82) is 0 Å². The quantitative estimate of drug-likeness (QED) is 0.875. The third-order valence-corrected chi connectivity index (χ3v) is 2.73. The molecule has 0 unspecified atom stereocenters. The van der Waals surface area contributed by atoms with Gasteiger partial charge in [0.1, 0.15) is 5.76 Å². The summed E-state index contributed by atoms with van der Waals surface area (Å²) in [4.78, 5) is 11.2. The van der Waals surface area contributed by atoms with E-state index < -0.39 is 17.7 Å². The summed E-state index contributed by atoms with van der Waals surface area (Å²) >= 11 is 0. The third kappa shape index (κ3) is 3.77. The van der Waals surface area contributed by atoms with Gasteiger partial charge in [-0.05, 0) is 36.4 Å². The Bertz CT molecular complexity index is 617. The number of carbonyl (C=O) groups is 1. The topological polar surface area (TPSA) is 51.5 Å². The molecule has 0 aliphatic rings. The zero-order valence-electron chi connectivity index (χ0n) is 11.0. The van der Waals surface area contributed by atoms with Gasteiger partial charge in [0.05, 0.1) is 19.2 Å². The van der Waals surface area contributed by atoms with Gasteiger partial charge in [0.2, 0.25) is 5.76 Å². The predicted octanol–water partition coefficient (Wildman–Crippen LogP) is 3.70. The fourth-order valence-electron chi connectivity index (χ4n) is 1.65. The molecule has 0 saturated carbocycles. The Morgan fingerprint density at radius 3 is 2.43 bits per heavy atom. The molecular formula is C14H12F3NO3. The second kappa shape index (κ2) is 5.90. The van der Waals surface area contributed by atoms with Crippen LogP contribution in [0.25, 0.3) is 0 Å². The van der Waals surface area contributed by atoms with Gasteiger partial charge >= 0.3 is 12.1 Å². The highest BCUT2D eigenvalue weighted by Crippen LogP contribution is 2.29. The van der Waals surface area contributed by atoms with Crippen LogP contribution < -0.4 is 5.32 Å². The molecular weight excluding hydrogens is 287 g/mol. The molecule has 2 rings (SSSR count). The van der Waals surface area contributed by atoms with Gasteiger partial charge in [-0.25, -0.2) is 4.79 Å². The molecule has 4 nitrogen and oxygen atoms in total. The van der Waals surface area contributed by atoms with Gasteiger partial charge in [0.15, 0.2) is 0 Å². The summed E-state index contributed by atoms with van der Waals surface area (Å²) in [6.45, 7) is 0.238. The molecule has 0 spiro atoms. The zero-order chi connectivity index (χ0) is 15.5. The molecule has 1 aromatic heterocycles. The van der Waals surface area contributed by atoms with E-state index in [1.54, 1.807) is 6.07 Å². The van der Waals surface area contributed by atoms with Crippen molar-refractivity contribution in [2.24, 2.45) is 0 Å². The van der Waals surface area contributed by atoms with Crippen LogP contribution in [-0.4, -0.2) is 13.1 Å². The first-order valence-electron chi connectivity index (χ1n) is 5.98. The average Bonchev–Trinajstić information content (AvgIpc) is 2.92. The van der Waals surface area contributed by atoms with E-state index in [1.807, 2.05) is 0 Å². The summed E-state index contributed by atoms with van der Waals surface area (Å²) in [6.07, 6.45) is -4.35. The van der Waals surface area contributed by atoms with Crippen molar-refractivity contribution >= 4 is 11.7 Å². The number of anilines is 1. The highest BCUT2D eigenvalue weighted by atomic mass is 19.4. The number of esters is 1. The molecule has 0 bridgehead atoms. The molecule has 0 saturated heterocycles. The van der Waals surface area contributed by atoms with E-state index in [4.69, 9.17) is 4.42 Å². The Hall–Kier alpha value is -2.44. The van der Waals surface area contributed by atoms with Gasteiger partial charge in [-0.3, -0.25) is 0 Å². The van der Waals surface area contributed by atoms with E-state index in [0.29, 0.717) is 11.4 Å². The Labute approximate surface area is 118 Å². The van der Waals surface area contributed by atoms with Crippen LogP contribution in [0.15, 0.2) is 40.8 Å². The lowest BCUT2D eigenvalue weighted by atomic mass is 10.2. The van der Waals surface area contributed by atoms with Gasteiger partial charge in [-0.2, -0.15) is 13.2 Å². The van der Waals surface area contributed by atoms with Gasteiger partial charge in [-0.1, -0.05) is 0 Å². The molecule has 0 aliphatic carbocycles. The fraction of sp³-hybridized carbons (Fsp3) is 0.214. The van der Waals surface area contributed by atoms with Crippen LogP contribution in [0.5, 0.6) is 0 Å². The van der Waals surface area contributed by atoms with Gasteiger partial charge in [-0.15, -0.1) is 0 Å². The summed E-state index contributed by atoms with van der Waals surface area (Å²) in [5, 5.41) is 2.90. The number of ether oxygens (including phenoxy) is 1.